The molecule has 2 rings (SSSR count). The van der Waals surface area contributed by atoms with Gasteiger partial charge in [-0.05, 0) is 25.2 Å². The highest BCUT2D eigenvalue weighted by Crippen LogP contribution is 2.02. The SMILES string of the molecule is Cc1n[nH]c(=S)n1Cc1ccn(C)n1. The van der Waals surface area contributed by atoms with Gasteiger partial charge in [-0.3, -0.25) is 14.3 Å². The van der Waals surface area contributed by atoms with Crippen molar-refractivity contribution in [1.29, 1.82) is 0 Å². The van der Waals surface area contributed by atoms with Gasteiger partial charge in [0.15, 0.2) is 4.77 Å². The largest absolute Gasteiger partial charge is 0.298 e. The fourth-order valence-corrected chi connectivity index (χ4v) is 1.53. The van der Waals surface area contributed by atoms with Crippen molar-refractivity contribution in [2.75, 3.05) is 0 Å². The lowest BCUT2D eigenvalue weighted by atomic mass is 10.4. The molecule has 0 bridgehead atoms. The van der Waals surface area contributed by atoms with Crippen LogP contribution in [-0.2, 0) is 13.6 Å². The Morgan fingerprint density at radius 2 is 2.36 bits per heavy atom. The van der Waals surface area contributed by atoms with E-state index in [-0.39, 0.29) is 0 Å². The predicted molar refractivity (Wildman–Crippen MR) is 54.5 cm³/mol. The molecular formula is C8H11N5S. The first-order valence-electron chi connectivity index (χ1n) is 4.27. The van der Waals surface area contributed by atoms with Crippen LogP contribution in [-0.4, -0.2) is 24.5 Å². The van der Waals surface area contributed by atoms with Crippen molar-refractivity contribution in [1.82, 2.24) is 24.5 Å². The van der Waals surface area contributed by atoms with E-state index in [0.717, 1.165) is 11.5 Å². The second-order valence-electron chi connectivity index (χ2n) is 3.14. The van der Waals surface area contributed by atoms with Crippen molar-refractivity contribution in [2.45, 2.75) is 13.5 Å². The van der Waals surface area contributed by atoms with E-state index in [1.165, 1.54) is 0 Å². The molecule has 0 spiro atoms. The van der Waals surface area contributed by atoms with Gasteiger partial charge in [0.1, 0.15) is 5.82 Å². The van der Waals surface area contributed by atoms with Gasteiger partial charge in [-0.1, -0.05) is 0 Å². The molecule has 0 fully saturated rings. The summed E-state index contributed by atoms with van der Waals surface area (Å²) >= 11 is 5.09. The van der Waals surface area contributed by atoms with Crippen molar-refractivity contribution in [3.05, 3.63) is 28.6 Å². The third-order valence-electron chi connectivity index (χ3n) is 2.04. The molecule has 74 valence electrons. The Hall–Kier alpha value is -1.43. The van der Waals surface area contributed by atoms with Crippen molar-refractivity contribution in [3.8, 4) is 0 Å². The second kappa shape index (κ2) is 3.38. The molecule has 0 aliphatic heterocycles. The molecule has 2 aromatic heterocycles. The van der Waals surface area contributed by atoms with Crippen LogP contribution >= 0.6 is 12.2 Å². The molecule has 0 aliphatic rings. The maximum atomic E-state index is 5.09. The zero-order valence-corrected chi connectivity index (χ0v) is 8.88. The average Bonchev–Trinajstić information content (AvgIpc) is 2.67. The second-order valence-corrected chi connectivity index (χ2v) is 3.53. The molecule has 0 saturated carbocycles. The Morgan fingerprint density at radius 3 is 2.86 bits per heavy atom. The van der Waals surface area contributed by atoms with Gasteiger partial charge < -0.3 is 0 Å². The Morgan fingerprint density at radius 1 is 1.57 bits per heavy atom. The summed E-state index contributed by atoms with van der Waals surface area (Å²) in [7, 11) is 1.89. The molecule has 0 atom stereocenters. The van der Waals surface area contributed by atoms with Crippen LogP contribution in [0.25, 0.3) is 0 Å². The summed E-state index contributed by atoms with van der Waals surface area (Å²) in [6.07, 6.45) is 1.91. The standard InChI is InChI=1S/C8H11N5S/c1-6-9-10-8(14)13(6)5-7-3-4-12(2)11-7/h3-4H,5H2,1-2H3,(H,10,14). The molecule has 2 heterocycles. The average molecular weight is 209 g/mol. The quantitative estimate of drug-likeness (QED) is 0.752. The Kier molecular flexibility index (Phi) is 2.20. The van der Waals surface area contributed by atoms with Gasteiger partial charge >= 0.3 is 0 Å². The summed E-state index contributed by atoms with van der Waals surface area (Å²) in [6.45, 7) is 2.58. The molecule has 2 aromatic rings. The van der Waals surface area contributed by atoms with Gasteiger partial charge in [0.25, 0.3) is 0 Å². The van der Waals surface area contributed by atoms with E-state index in [1.807, 2.05) is 30.8 Å². The van der Waals surface area contributed by atoms with Gasteiger partial charge in [-0.15, -0.1) is 0 Å². The Labute approximate surface area is 86.4 Å². The van der Waals surface area contributed by atoms with Gasteiger partial charge in [0.05, 0.1) is 12.2 Å². The van der Waals surface area contributed by atoms with E-state index in [0.29, 0.717) is 11.3 Å². The van der Waals surface area contributed by atoms with Crippen molar-refractivity contribution >= 4 is 12.2 Å². The molecular weight excluding hydrogens is 198 g/mol. The zero-order valence-electron chi connectivity index (χ0n) is 8.06. The predicted octanol–water partition coefficient (Wildman–Crippen LogP) is 1.03. The van der Waals surface area contributed by atoms with E-state index in [2.05, 4.69) is 15.3 Å². The van der Waals surface area contributed by atoms with E-state index < -0.39 is 0 Å². The van der Waals surface area contributed by atoms with Crippen LogP contribution < -0.4 is 0 Å². The normalized spacial score (nSPS) is 10.7. The lowest BCUT2D eigenvalue weighted by Gasteiger charge is -1.99. The number of aromatic amines is 1. The summed E-state index contributed by atoms with van der Waals surface area (Å²) in [5.41, 5.74) is 0.980. The highest BCUT2D eigenvalue weighted by Gasteiger charge is 2.03. The van der Waals surface area contributed by atoms with E-state index in [4.69, 9.17) is 12.2 Å². The highest BCUT2D eigenvalue weighted by molar-refractivity contribution is 7.71. The number of nitrogens with one attached hydrogen (secondary N) is 1. The highest BCUT2D eigenvalue weighted by atomic mass is 32.1. The fourth-order valence-electron chi connectivity index (χ4n) is 1.29. The molecule has 0 amide bonds. The minimum atomic E-state index is 0.633. The lowest BCUT2D eigenvalue weighted by Crippen LogP contribution is -2.03. The molecule has 6 heteroatoms. The Balaban J connectivity index is 2.31. The molecule has 0 saturated heterocycles. The molecule has 0 unspecified atom stereocenters. The fraction of sp³-hybridized carbons (Fsp3) is 0.375. The van der Waals surface area contributed by atoms with Gasteiger partial charge in [-0.2, -0.15) is 10.2 Å². The minimum Gasteiger partial charge on any atom is -0.298 e. The first-order chi connectivity index (χ1) is 6.66. The summed E-state index contributed by atoms with van der Waals surface area (Å²) in [5, 5.41) is 11.1. The summed E-state index contributed by atoms with van der Waals surface area (Å²) in [4.78, 5) is 0. The van der Waals surface area contributed by atoms with Gasteiger partial charge in [-0.25, -0.2) is 0 Å². The number of nitrogens with zero attached hydrogens (tertiary/aromatic N) is 4. The van der Waals surface area contributed by atoms with Crippen LogP contribution in [0.5, 0.6) is 0 Å². The van der Waals surface area contributed by atoms with Crippen LogP contribution in [0.15, 0.2) is 12.3 Å². The van der Waals surface area contributed by atoms with E-state index in [9.17, 15) is 0 Å². The molecule has 1 N–H and O–H groups in total. The summed E-state index contributed by atoms with van der Waals surface area (Å²) < 4.78 is 4.32. The smallest absolute Gasteiger partial charge is 0.195 e. The van der Waals surface area contributed by atoms with Crippen LogP contribution in [0.4, 0.5) is 0 Å². The topological polar surface area (TPSA) is 51.4 Å². The molecule has 0 aromatic carbocycles. The first kappa shape index (κ1) is 9.14. The molecule has 14 heavy (non-hydrogen) atoms. The monoisotopic (exact) mass is 209 g/mol. The van der Waals surface area contributed by atoms with Gasteiger partial charge in [0.2, 0.25) is 0 Å². The third-order valence-corrected chi connectivity index (χ3v) is 2.35. The number of hydrogen-bond donors (Lipinski definition) is 1. The van der Waals surface area contributed by atoms with Crippen LogP contribution in [0.2, 0.25) is 0 Å². The maximum absolute atomic E-state index is 5.09. The number of hydrogen-bond acceptors (Lipinski definition) is 3. The van der Waals surface area contributed by atoms with Crippen LogP contribution in [0.1, 0.15) is 11.5 Å². The van der Waals surface area contributed by atoms with Crippen LogP contribution in [0.3, 0.4) is 0 Å². The van der Waals surface area contributed by atoms with Gasteiger partial charge in [0, 0.05) is 13.2 Å². The summed E-state index contributed by atoms with van der Waals surface area (Å²) in [6, 6.07) is 1.97. The summed E-state index contributed by atoms with van der Waals surface area (Å²) in [5.74, 6) is 0.876. The third kappa shape index (κ3) is 1.60. The number of aryl methyl sites for hydroxylation is 2. The number of rotatable bonds is 2. The van der Waals surface area contributed by atoms with Crippen molar-refractivity contribution in [3.63, 3.8) is 0 Å². The maximum Gasteiger partial charge on any atom is 0.195 e. The number of H-pyrrole nitrogens is 1. The van der Waals surface area contributed by atoms with Crippen molar-refractivity contribution in [2.24, 2.45) is 7.05 Å². The zero-order chi connectivity index (χ0) is 10.1. The minimum absolute atomic E-state index is 0.633. The molecule has 0 radical (unpaired) electrons. The van der Waals surface area contributed by atoms with E-state index in [1.54, 1.807) is 4.68 Å². The van der Waals surface area contributed by atoms with E-state index >= 15 is 0 Å². The lowest BCUT2D eigenvalue weighted by molar-refractivity contribution is 0.688. The molecule has 0 aliphatic carbocycles. The first-order valence-corrected chi connectivity index (χ1v) is 4.68. The number of aromatic nitrogens is 5. The van der Waals surface area contributed by atoms with Crippen LogP contribution in [0, 0.1) is 11.7 Å². The van der Waals surface area contributed by atoms with Crippen molar-refractivity contribution < 1.29 is 0 Å². The molecule has 5 nitrogen and oxygen atoms in total. The Bertz CT molecular complexity index is 492.